The van der Waals surface area contributed by atoms with Gasteiger partial charge in [-0.3, -0.25) is 9.10 Å². The second kappa shape index (κ2) is 7.23. The zero-order valence-electron chi connectivity index (χ0n) is 13.7. The van der Waals surface area contributed by atoms with Gasteiger partial charge in [0.1, 0.15) is 6.54 Å². The number of halogens is 1. The van der Waals surface area contributed by atoms with Crippen molar-refractivity contribution in [3.63, 3.8) is 0 Å². The number of nitrogens with zero attached hydrogens (tertiary/aromatic N) is 1. The largest absolute Gasteiger partial charge is 0.324 e. The van der Waals surface area contributed by atoms with Crippen molar-refractivity contribution in [1.82, 2.24) is 0 Å². The molecule has 1 amide bonds. The molecule has 0 saturated carbocycles. The molecule has 24 heavy (non-hydrogen) atoms. The Balaban J connectivity index is 2.24. The Kier molecular flexibility index (Phi) is 5.51. The zero-order valence-corrected chi connectivity index (χ0v) is 15.3. The highest BCUT2D eigenvalue weighted by Gasteiger charge is 2.22. The van der Waals surface area contributed by atoms with Crippen molar-refractivity contribution >= 4 is 38.9 Å². The third-order valence-electron chi connectivity index (χ3n) is 3.31. The smallest absolute Gasteiger partial charge is 0.245 e. The van der Waals surface area contributed by atoms with Crippen LogP contribution < -0.4 is 9.62 Å². The Bertz CT molecular complexity index is 846. The monoisotopic (exact) mass is 366 g/mol. The van der Waals surface area contributed by atoms with E-state index >= 15 is 0 Å². The summed E-state index contributed by atoms with van der Waals surface area (Å²) in [5.41, 5.74) is 2.93. The van der Waals surface area contributed by atoms with Gasteiger partial charge in [0.05, 0.1) is 17.0 Å². The van der Waals surface area contributed by atoms with Crippen molar-refractivity contribution in [2.24, 2.45) is 0 Å². The summed E-state index contributed by atoms with van der Waals surface area (Å²) in [5, 5.41) is 2.99. The number of hydrogen-bond donors (Lipinski definition) is 1. The van der Waals surface area contributed by atoms with E-state index in [1.165, 1.54) is 0 Å². The Morgan fingerprint density at radius 1 is 1.12 bits per heavy atom. The number of rotatable bonds is 5. The molecule has 0 aromatic heterocycles. The van der Waals surface area contributed by atoms with Gasteiger partial charge in [-0.15, -0.1) is 0 Å². The highest BCUT2D eigenvalue weighted by atomic mass is 35.5. The number of amides is 1. The minimum absolute atomic E-state index is 0.266. The van der Waals surface area contributed by atoms with Gasteiger partial charge < -0.3 is 5.32 Å². The van der Waals surface area contributed by atoms with Gasteiger partial charge in [-0.25, -0.2) is 8.42 Å². The molecule has 0 aliphatic carbocycles. The van der Waals surface area contributed by atoms with E-state index in [1.54, 1.807) is 24.3 Å². The van der Waals surface area contributed by atoms with Gasteiger partial charge in [0.25, 0.3) is 0 Å². The number of carbonyl (C=O) groups is 1. The third kappa shape index (κ3) is 4.72. The molecular formula is C17H19ClN2O3S. The lowest BCUT2D eigenvalue weighted by Gasteiger charge is -2.23. The molecule has 0 aliphatic rings. The molecule has 0 bridgehead atoms. The standard InChI is InChI=1S/C17H19ClN2O3S/c1-12-8-13(2)10-14(9-12)19-17(21)11-20(24(3,22)23)16-7-5-4-6-15(16)18/h4-10H,11H2,1-3H3,(H,19,21). The number of aryl methyl sites for hydroxylation is 2. The summed E-state index contributed by atoms with van der Waals surface area (Å²) in [6, 6.07) is 12.1. The van der Waals surface area contributed by atoms with Crippen LogP contribution in [0.1, 0.15) is 11.1 Å². The minimum atomic E-state index is -3.66. The predicted octanol–water partition coefficient (Wildman–Crippen LogP) is 3.36. The van der Waals surface area contributed by atoms with Crippen LogP contribution in [0.4, 0.5) is 11.4 Å². The molecule has 0 fully saturated rings. The Labute approximate surface area is 147 Å². The molecule has 0 radical (unpaired) electrons. The lowest BCUT2D eigenvalue weighted by molar-refractivity contribution is -0.114. The van der Waals surface area contributed by atoms with E-state index in [4.69, 9.17) is 11.6 Å². The number of benzene rings is 2. The molecule has 1 N–H and O–H groups in total. The number of sulfonamides is 1. The molecule has 2 aromatic carbocycles. The first-order valence-electron chi connectivity index (χ1n) is 7.27. The topological polar surface area (TPSA) is 66.5 Å². The average molecular weight is 367 g/mol. The quantitative estimate of drug-likeness (QED) is 0.882. The van der Waals surface area contributed by atoms with Gasteiger partial charge in [0, 0.05) is 5.69 Å². The summed E-state index contributed by atoms with van der Waals surface area (Å²) >= 11 is 6.07. The second-order valence-corrected chi connectivity index (χ2v) is 7.96. The summed E-state index contributed by atoms with van der Waals surface area (Å²) < 4.78 is 25.1. The Morgan fingerprint density at radius 3 is 2.25 bits per heavy atom. The molecular weight excluding hydrogens is 348 g/mol. The van der Waals surface area contributed by atoms with E-state index in [0.717, 1.165) is 21.7 Å². The van der Waals surface area contributed by atoms with Crippen molar-refractivity contribution in [2.45, 2.75) is 13.8 Å². The van der Waals surface area contributed by atoms with E-state index in [9.17, 15) is 13.2 Å². The van der Waals surface area contributed by atoms with Gasteiger partial charge in [-0.2, -0.15) is 0 Å². The summed E-state index contributed by atoms with van der Waals surface area (Å²) in [6.07, 6.45) is 1.04. The normalized spacial score (nSPS) is 11.2. The minimum Gasteiger partial charge on any atom is -0.324 e. The highest BCUT2D eigenvalue weighted by Crippen LogP contribution is 2.27. The van der Waals surface area contributed by atoms with E-state index in [-0.39, 0.29) is 17.3 Å². The van der Waals surface area contributed by atoms with Crippen molar-refractivity contribution in [2.75, 3.05) is 22.4 Å². The van der Waals surface area contributed by atoms with Gasteiger partial charge in [0.2, 0.25) is 15.9 Å². The van der Waals surface area contributed by atoms with Gasteiger partial charge in [-0.05, 0) is 49.2 Å². The number of anilines is 2. The van der Waals surface area contributed by atoms with Crippen LogP contribution in [0, 0.1) is 13.8 Å². The van der Waals surface area contributed by atoms with Crippen molar-refractivity contribution < 1.29 is 13.2 Å². The molecule has 0 unspecified atom stereocenters. The first-order chi connectivity index (χ1) is 11.2. The van der Waals surface area contributed by atoms with Crippen LogP contribution in [0.2, 0.25) is 5.02 Å². The number of carbonyl (C=O) groups excluding carboxylic acids is 1. The fraction of sp³-hybridized carbons (Fsp3) is 0.235. The molecule has 5 nitrogen and oxygen atoms in total. The van der Waals surface area contributed by atoms with Gasteiger partial charge >= 0.3 is 0 Å². The molecule has 0 heterocycles. The van der Waals surface area contributed by atoms with Crippen molar-refractivity contribution in [3.8, 4) is 0 Å². The second-order valence-electron chi connectivity index (χ2n) is 5.65. The molecule has 0 atom stereocenters. The number of hydrogen-bond acceptors (Lipinski definition) is 3. The third-order valence-corrected chi connectivity index (χ3v) is 4.76. The average Bonchev–Trinajstić information content (AvgIpc) is 2.43. The number of para-hydroxylation sites is 1. The SMILES string of the molecule is Cc1cc(C)cc(NC(=O)CN(c2ccccc2Cl)S(C)(=O)=O)c1. The Morgan fingerprint density at radius 2 is 1.71 bits per heavy atom. The van der Waals surface area contributed by atoms with Crippen LogP contribution in [0.15, 0.2) is 42.5 Å². The lowest BCUT2D eigenvalue weighted by atomic mass is 10.1. The molecule has 0 aliphatic heterocycles. The Hall–Kier alpha value is -2.05. The maximum absolute atomic E-state index is 12.3. The maximum Gasteiger partial charge on any atom is 0.245 e. The first kappa shape index (κ1) is 18.3. The number of nitrogens with one attached hydrogen (secondary N) is 1. The van der Waals surface area contributed by atoms with Crippen LogP contribution in [0.25, 0.3) is 0 Å². The van der Waals surface area contributed by atoms with Gasteiger partial charge in [0.15, 0.2) is 0 Å². The predicted molar refractivity (Wildman–Crippen MR) is 98.2 cm³/mol. The summed E-state index contributed by atoms with van der Waals surface area (Å²) in [7, 11) is -3.66. The van der Waals surface area contributed by atoms with E-state index in [1.807, 2.05) is 32.0 Å². The fourth-order valence-electron chi connectivity index (χ4n) is 2.41. The van der Waals surface area contributed by atoms with Crippen molar-refractivity contribution in [3.05, 3.63) is 58.6 Å². The molecule has 128 valence electrons. The highest BCUT2D eigenvalue weighted by molar-refractivity contribution is 7.92. The molecule has 7 heteroatoms. The van der Waals surface area contributed by atoms with E-state index in [0.29, 0.717) is 5.69 Å². The molecule has 0 saturated heterocycles. The van der Waals surface area contributed by atoms with Crippen LogP contribution in [-0.2, 0) is 14.8 Å². The molecule has 0 spiro atoms. The maximum atomic E-state index is 12.3. The van der Waals surface area contributed by atoms with Crippen LogP contribution >= 0.6 is 11.6 Å². The molecule has 2 aromatic rings. The summed E-state index contributed by atoms with van der Waals surface area (Å²) in [6.45, 7) is 3.50. The van der Waals surface area contributed by atoms with Crippen LogP contribution in [0.3, 0.4) is 0 Å². The fourth-order valence-corrected chi connectivity index (χ4v) is 3.57. The van der Waals surface area contributed by atoms with Crippen LogP contribution in [0.5, 0.6) is 0 Å². The van der Waals surface area contributed by atoms with Gasteiger partial charge in [-0.1, -0.05) is 29.8 Å². The summed E-state index contributed by atoms with van der Waals surface area (Å²) in [4.78, 5) is 12.3. The van der Waals surface area contributed by atoms with Crippen LogP contribution in [-0.4, -0.2) is 27.1 Å². The zero-order chi connectivity index (χ0) is 17.9. The lowest BCUT2D eigenvalue weighted by Crippen LogP contribution is -2.37. The van der Waals surface area contributed by atoms with Crippen molar-refractivity contribution in [1.29, 1.82) is 0 Å². The van der Waals surface area contributed by atoms with E-state index in [2.05, 4.69) is 5.32 Å². The molecule has 2 rings (SSSR count). The first-order valence-corrected chi connectivity index (χ1v) is 9.50. The van der Waals surface area contributed by atoms with E-state index < -0.39 is 15.9 Å². The summed E-state index contributed by atoms with van der Waals surface area (Å²) in [5.74, 6) is -0.439.